The third kappa shape index (κ3) is 7.16. The predicted octanol–water partition coefficient (Wildman–Crippen LogP) is 1.97. The van der Waals surface area contributed by atoms with E-state index in [9.17, 15) is 0 Å². The van der Waals surface area contributed by atoms with Crippen LogP contribution in [0, 0.1) is 0 Å². The second-order valence-corrected chi connectivity index (χ2v) is 7.19. The molecule has 0 spiro atoms. The van der Waals surface area contributed by atoms with Crippen LogP contribution in [0.1, 0.15) is 24.0 Å². The first kappa shape index (κ1) is 21.1. The molecule has 0 aromatic heterocycles. The summed E-state index contributed by atoms with van der Waals surface area (Å²) in [5, 5.41) is 3.66. The van der Waals surface area contributed by atoms with Gasteiger partial charge in [0.05, 0.1) is 11.4 Å². The minimum Gasteiger partial charge on any atom is -0.311 e. The van der Waals surface area contributed by atoms with Crippen LogP contribution < -0.4 is 21.7 Å². The lowest BCUT2D eigenvalue weighted by atomic mass is 10.0. The van der Waals surface area contributed by atoms with Crippen molar-refractivity contribution in [3.05, 3.63) is 59.7 Å². The Bertz CT molecular complexity index is 781. The van der Waals surface area contributed by atoms with Gasteiger partial charge in [0.1, 0.15) is 0 Å². The van der Waals surface area contributed by atoms with Crippen LogP contribution in [0.25, 0.3) is 0 Å². The standard InChI is InChI=1S/2C9H12N2.H2O4S/c2*10-11-7-3-5-8-4-1-2-6-9(8)11;1-5(2,3)4/h2*1-2,4,6H,3,5,7,10H2;(H2,1,2,3,4). The number of anilines is 2. The van der Waals surface area contributed by atoms with Gasteiger partial charge in [0.15, 0.2) is 0 Å². The maximum Gasteiger partial charge on any atom is 0.394 e. The highest BCUT2D eigenvalue weighted by atomic mass is 32.3. The van der Waals surface area contributed by atoms with Gasteiger partial charge >= 0.3 is 10.4 Å². The van der Waals surface area contributed by atoms with E-state index in [1.807, 2.05) is 22.2 Å². The second kappa shape index (κ2) is 9.67. The molecule has 0 aliphatic carbocycles. The lowest BCUT2D eigenvalue weighted by Crippen LogP contribution is -2.35. The molecule has 0 bridgehead atoms. The largest absolute Gasteiger partial charge is 0.394 e. The van der Waals surface area contributed by atoms with Gasteiger partial charge in [0.2, 0.25) is 0 Å². The highest BCUT2D eigenvalue weighted by Crippen LogP contribution is 2.24. The molecule has 2 aliphatic rings. The van der Waals surface area contributed by atoms with Gasteiger partial charge in [-0.1, -0.05) is 36.4 Å². The summed E-state index contributed by atoms with van der Waals surface area (Å²) in [7, 11) is -4.67. The molecule has 0 saturated heterocycles. The first-order valence-electron chi connectivity index (χ1n) is 8.66. The zero-order valence-corrected chi connectivity index (χ0v) is 15.8. The molecule has 4 rings (SSSR count). The zero-order chi connectivity index (χ0) is 19.9. The molecule has 6 N–H and O–H groups in total. The van der Waals surface area contributed by atoms with E-state index >= 15 is 0 Å². The summed E-state index contributed by atoms with van der Waals surface area (Å²) >= 11 is 0. The fraction of sp³-hybridized carbons (Fsp3) is 0.333. The second-order valence-electron chi connectivity index (χ2n) is 6.30. The Morgan fingerprint density at radius 2 is 1.07 bits per heavy atom. The van der Waals surface area contributed by atoms with Gasteiger partial charge in [-0.05, 0) is 48.9 Å². The molecule has 0 atom stereocenters. The van der Waals surface area contributed by atoms with E-state index in [1.54, 1.807) is 0 Å². The van der Waals surface area contributed by atoms with Gasteiger partial charge in [-0.2, -0.15) is 8.42 Å². The van der Waals surface area contributed by atoms with Crippen LogP contribution in [0.5, 0.6) is 0 Å². The van der Waals surface area contributed by atoms with Crippen LogP contribution in [0.4, 0.5) is 11.4 Å². The van der Waals surface area contributed by atoms with Crippen LogP contribution >= 0.6 is 0 Å². The lowest BCUT2D eigenvalue weighted by molar-refractivity contribution is 0.381. The average Bonchev–Trinajstić information content (AvgIpc) is 2.62. The average molecular weight is 394 g/mol. The van der Waals surface area contributed by atoms with Crippen molar-refractivity contribution in [3.63, 3.8) is 0 Å². The van der Waals surface area contributed by atoms with E-state index in [1.165, 1.54) is 48.2 Å². The quantitative estimate of drug-likeness (QED) is 0.394. The molecule has 2 aliphatic heterocycles. The topological polar surface area (TPSA) is 133 Å². The van der Waals surface area contributed by atoms with E-state index < -0.39 is 10.4 Å². The Morgan fingerprint density at radius 1 is 0.741 bits per heavy atom. The highest BCUT2D eigenvalue weighted by Gasteiger charge is 2.12. The van der Waals surface area contributed by atoms with Gasteiger partial charge in [-0.25, -0.2) is 11.7 Å². The van der Waals surface area contributed by atoms with Crippen molar-refractivity contribution in [2.75, 3.05) is 23.1 Å². The molecule has 0 radical (unpaired) electrons. The summed E-state index contributed by atoms with van der Waals surface area (Å²) < 4.78 is 31.6. The van der Waals surface area contributed by atoms with E-state index in [4.69, 9.17) is 29.2 Å². The number of hydrogen-bond acceptors (Lipinski definition) is 6. The van der Waals surface area contributed by atoms with Crippen molar-refractivity contribution in [2.45, 2.75) is 25.7 Å². The Labute approximate surface area is 159 Å². The van der Waals surface area contributed by atoms with E-state index in [-0.39, 0.29) is 0 Å². The highest BCUT2D eigenvalue weighted by molar-refractivity contribution is 7.79. The number of para-hydroxylation sites is 2. The van der Waals surface area contributed by atoms with Crippen molar-refractivity contribution < 1.29 is 17.5 Å². The van der Waals surface area contributed by atoms with Crippen molar-refractivity contribution >= 4 is 21.8 Å². The lowest BCUT2D eigenvalue weighted by Gasteiger charge is -2.26. The molecule has 0 amide bonds. The Kier molecular flexibility index (Phi) is 7.57. The van der Waals surface area contributed by atoms with Gasteiger partial charge < -0.3 is 10.0 Å². The third-order valence-corrected chi connectivity index (χ3v) is 4.29. The summed E-state index contributed by atoms with van der Waals surface area (Å²) in [6.45, 7) is 1.97. The van der Waals surface area contributed by atoms with Crippen LogP contribution in [-0.2, 0) is 23.2 Å². The normalized spacial score (nSPS) is 15.4. The van der Waals surface area contributed by atoms with Crippen molar-refractivity contribution in [1.29, 1.82) is 0 Å². The summed E-state index contributed by atoms with van der Waals surface area (Å²) in [5.41, 5.74) is 5.14. The van der Waals surface area contributed by atoms with E-state index in [0.29, 0.717) is 0 Å². The minimum atomic E-state index is -4.67. The molecule has 148 valence electrons. The molecule has 2 heterocycles. The SMILES string of the molecule is NN1CCCc2ccccc21.NN1CCCc2ccccc21.O=S(=O)(O)O. The van der Waals surface area contributed by atoms with Crippen LogP contribution in [0.3, 0.4) is 0 Å². The number of nitrogens with zero attached hydrogens (tertiary/aromatic N) is 2. The van der Waals surface area contributed by atoms with Crippen molar-refractivity contribution in [2.24, 2.45) is 11.7 Å². The smallest absolute Gasteiger partial charge is 0.311 e. The first-order valence-corrected chi connectivity index (χ1v) is 10.1. The van der Waals surface area contributed by atoms with Gasteiger partial charge in [0, 0.05) is 13.1 Å². The maximum absolute atomic E-state index is 8.74. The fourth-order valence-corrected chi connectivity index (χ4v) is 3.13. The van der Waals surface area contributed by atoms with E-state index in [0.717, 1.165) is 13.1 Å². The fourth-order valence-electron chi connectivity index (χ4n) is 3.13. The molecule has 27 heavy (non-hydrogen) atoms. The Morgan fingerprint density at radius 3 is 1.41 bits per heavy atom. The molecule has 2 aromatic carbocycles. The molecule has 8 nitrogen and oxygen atoms in total. The zero-order valence-electron chi connectivity index (χ0n) is 15.0. The van der Waals surface area contributed by atoms with Gasteiger partial charge in [-0.3, -0.25) is 9.11 Å². The van der Waals surface area contributed by atoms with Crippen LogP contribution in [0.15, 0.2) is 48.5 Å². The third-order valence-electron chi connectivity index (χ3n) is 4.29. The molecule has 0 unspecified atom stereocenters. The maximum atomic E-state index is 8.74. The monoisotopic (exact) mass is 394 g/mol. The molecule has 9 heteroatoms. The number of fused-ring (bicyclic) bond motifs is 2. The van der Waals surface area contributed by atoms with Crippen LogP contribution in [-0.4, -0.2) is 30.6 Å². The summed E-state index contributed by atoms with van der Waals surface area (Å²) in [6, 6.07) is 16.6. The minimum absolute atomic E-state index is 0.983. The van der Waals surface area contributed by atoms with E-state index in [2.05, 4.69) is 36.4 Å². The Hall–Kier alpha value is -2.17. The number of hydrogen-bond donors (Lipinski definition) is 4. The molecule has 0 fully saturated rings. The first-order chi connectivity index (χ1) is 12.8. The molecule has 2 aromatic rings. The summed E-state index contributed by atoms with van der Waals surface area (Å²) in [4.78, 5) is 0. The van der Waals surface area contributed by atoms with Gasteiger partial charge in [0.25, 0.3) is 0 Å². The molecule has 0 saturated carbocycles. The molecular weight excluding hydrogens is 368 g/mol. The number of benzene rings is 2. The Balaban J connectivity index is 0.000000157. The summed E-state index contributed by atoms with van der Waals surface area (Å²) in [5.74, 6) is 11.6. The van der Waals surface area contributed by atoms with Crippen molar-refractivity contribution in [3.8, 4) is 0 Å². The van der Waals surface area contributed by atoms with Gasteiger partial charge in [-0.15, -0.1) is 0 Å². The molecular formula is C18H26N4O4S. The predicted molar refractivity (Wildman–Crippen MR) is 107 cm³/mol. The number of nitrogens with two attached hydrogens (primary N) is 2. The number of hydrazine groups is 2. The van der Waals surface area contributed by atoms with Crippen molar-refractivity contribution in [1.82, 2.24) is 0 Å². The number of rotatable bonds is 0. The van der Waals surface area contributed by atoms with Crippen LogP contribution in [0.2, 0.25) is 0 Å². The summed E-state index contributed by atoms with van der Waals surface area (Å²) in [6.07, 6.45) is 4.69. The number of aryl methyl sites for hydroxylation is 2.